The summed E-state index contributed by atoms with van der Waals surface area (Å²) in [6, 6.07) is 17.2. The molecule has 24 heavy (non-hydrogen) atoms. The molecule has 0 spiro atoms. The summed E-state index contributed by atoms with van der Waals surface area (Å²) in [5.41, 5.74) is 2.46. The van der Waals surface area contributed by atoms with Crippen LogP contribution in [0.3, 0.4) is 0 Å². The number of hydrogen-bond acceptors (Lipinski definition) is 1. The van der Waals surface area contributed by atoms with Crippen LogP contribution >= 0.6 is 15.9 Å². The van der Waals surface area contributed by atoms with E-state index in [4.69, 9.17) is 0 Å². The highest BCUT2D eigenvalue weighted by molar-refractivity contribution is 9.10. The topological polar surface area (TPSA) is 29.1 Å². The number of piperidine rings is 1. The Bertz CT molecular complexity index is 654. The zero-order valence-corrected chi connectivity index (χ0v) is 15.8. The summed E-state index contributed by atoms with van der Waals surface area (Å²) >= 11 is 3.50. The summed E-state index contributed by atoms with van der Waals surface area (Å²) in [6.07, 6.45) is 2.51. The summed E-state index contributed by atoms with van der Waals surface area (Å²) < 4.78 is 1.04. The second-order valence-corrected chi connectivity index (χ2v) is 7.90. The lowest BCUT2D eigenvalue weighted by Crippen LogP contribution is -3.18. The number of aromatic hydroxyl groups is 1. The van der Waals surface area contributed by atoms with E-state index < -0.39 is 0 Å². The maximum atomic E-state index is 10.0. The van der Waals surface area contributed by atoms with Gasteiger partial charge in [-0.05, 0) is 18.2 Å². The lowest BCUT2D eigenvalue weighted by atomic mass is 10.0. The van der Waals surface area contributed by atoms with Crippen molar-refractivity contribution in [3.63, 3.8) is 0 Å². The molecule has 1 atom stereocenters. The van der Waals surface area contributed by atoms with E-state index in [9.17, 15) is 5.11 Å². The summed E-state index contributed by atoms with van der Waals surface area (Å²) in [4.78, 5) is 3.19. The van der Waals surface area contributed by atoms with Crippen molar-refractivity contribution < 1.29 is 14.9 Å². The first kappa shape index (κ1) is 17.5. The highest BCUT2D eigenvalue weighted by Crippen LogP contribution is 2.21. The van der Waals surface area contributed by atoms with Gasteiger partial charge in [-0.2, -0.15) is 0 Å². The minimum Gasteiger partial charge on any atom is -0.507 e. The Morgan fingerprint density at radius 1 is 1.12 bits per heavy atom. The van der Waals surface area contributed by atoms with Crippen molar-refractivity contribution in [2.75, 3.05) is 20.1 Å². The van der Waals surface area contributed by atoms with Crippen molar-refractivity contribution in [1.29, 1.82) is 0 Å². The van der Waals surface area contributed by atoms with Crippen LogP contribution in [0.5, 0.6) is 5.75 Å². The quantitative estimate of drug-likeness (QED) is 0.707. The van der Waals surface area contributed by atoms with Crippen LogP contribution in [-0.2, 0) is 13.1 Å². The van der Waals surface area contributed by atoms with E-state index in [0.717, 1.165) is 29.2 Å². The number of rotatable bonds is 5. The number of hydrogen-bond donors (Lipinski definition) is 3. The van der Waals surface area contributed by atoms with Gasteiger partial charge in [-0.25, -0.2) is 0 Å². The fourth-order valence-corrected chi connectivity index (χ4v) is 4.13. The van der Waals surface area contributed by atoms with Gasteiger partial charge in [0.05, 0.1) is 26.2 Å². The first-order chi connectivity index (χ1) is 11.6. The molecule has 0 aliphatic carbocycles. The first-order valence-corrected chi connectivity index (χ1v) is 9.58. The number of quaternary nitrogens is 2. The van der Waals surface area contributed by atoms with Gasteiger partial charge in [0.25, 0.3) is 0 Å². The van der Waals surface area contributed by atoms with Gasteiger partial charge >= 0.3 is 0 Å². The number of phenols is 1. The Morgan fingerprint density at radius 3 is 2.54 bits per heavy atom. The molecule has 4 heteroatoms. The van der Waals surface area contributed by atoms with Gasteiger partial charge in [0, 0.05) is 28.4 Å². The lowest BCUT2D eigenvalue weighted by molar-refractivity contribution is -0.960. The smallest absolute Gasteiger partial charge is 0.124 e. The highest BCUT2D eigenvalue weighted by atomic mass is 79.9. The third-order valence-corrected chi connectivity index (χ3v) is 5.69. The van der Waals surface area contributed by atoms with Gasteiger partial charge in [0.15, 0.2) is 0 Å². The molecule has 2 aromatic carbocycles. The molecule has 128 valence electrons. The molecular weight excluding hydrogens is 364 g/mol. The predicted octanol–water partition coefficient (Wildman–Crippen LogP) is 1.42. The monoisotopic (exact) mass is 390 g/mol. The predicted molar refractivity (Wildman–Crippen MR) is 100 cm³/mol. The third kappa shape index (κ3) is 4.59. The zero-order valence-electron chi connectivity index (χ0n) is 14.3. The van der Waals surface area contributed by atoms with Gasteiger partial charge < -0.3 is 14.9 Å². The minimum absolute atomic E-state index is 0.416. The first-order valence-electron chi connectivity index (χ1n) is 8.79. The molecule has 1 heterocycles. The molecule has 3 N–H and O–H groups in total. The zero-order chi connectivity index (χ0) is 16.9. The molecule has 0 saturated carbocycles. The fraction of sp³-hybridized carbons (Fsp3) is 0.400. The molecule has 3 nitrogen and oxygen atoms in total. The van der Waals surface area contributed by atoms with Crippen LogP contribution in [0.4, 0.5) is 0 Å². The van der Waals surface area contributed by atoms with Crippen LogP contribution in [0, 0.1) is 0 Å². The van der Waals surface area contributed by atoms with Crippen LogP contribution < -0.4 is 9.80 Å². The van der Waals surface area contributed by atoms with Crippen molar-refractivity contribution in [3.05, 3.63) is 64.1 Å². The normalized spacial score (nSPS) is 22.2. The van der Waals surface area contributed by atoms with Gasteiger partial charge in [-0.15, -0.1) is 0 Å². The van der Waals surface area contributed by atoms with E-state index in [1.807, 2.05) is 12.1 Å². The lowest BCUT2D eigenvalue weighted by Gasteiger charge is -2.32. The molecule has 1 aliphatic heterocycles. The average molecular weight is 391 g/mol. The average Bonchev–Trinajstić information content (AvgIpc) is 2.60. The number of nitrogens with one attached hydrogen (secondary N) is 2. The third-order valence-electron chi connectivity index (χ3n) is 5.20. The molecular formula is C20H27BrN2O+2. The Hall–Kier alpha value is -1.36. The van der Waals surface area contributed by atoms with E-state index in [1.54, 1.807) is 15.9 Å². The van der Waals surface area contributed by atoms with Crippen molar-refractivity contribution in [2.45, 2.75) is 32.0 Å². The molecule has 0 radical (unpaired) electrons. The standard InChI is InChI=1S/C20H25BrN2O/c1-22(14-16-5-3-2-4-6-16)19-9-11-23(12-10-19)15-17-13-18(21)7-8-20(17)24/h2-8,13,19,24H,9-12,14-15H2,1H3/p+2. The summed E-state index contributed by atoms with van der Waals surface area (Å²) in [5.74, 6) is 0.416. The van der Waals surface area contributed by atoms with Gasteiger partial charge in [0.2, 0.25) is 0 Å². The number of likely N-dealkylation sites (tertiary alicyclic amines) is 1. The largest absolute Gasteiger partial charge is 0.507 e. The van der Waals surface area contributed by atoms with Crippen molar-refractivity contribution in [3.8, 4) is 5.75 Å². The molecule has 1 aliphatic rings. The van der Waals surface area contributed by atoms with Gasteiger partial charge in [-0.3, -0.25) is 0 Å². The fourth-order valence-electron chi connectivity index (χ4n) is 3.72. The van der Waals surface area contributed by atoms with Crippen LogP contribution in [0.25, 0.3) is 0 Å². The van der Waals surface area contributed by atoms with Crippen molar-refractivity contribution in [1.82, 2.24) is 0 Å². The molecule has 0 aromatic heterocycles. The molecule has 1 unspecified atom stereocenters. The Kier molecular flexibility index (Phi) is 5.93. The van der Waals surface area contributed by atoms with Crippen LogP contribution in [0.15, 0.2) is 53.0 Å². The number of benzene rings is 2. The summed E-state index contributed by atoms with van der Waals surface area (Å²) in [5, 5.41) is 10.0. The maximum absolute atomic E-state index is 10.0. The van der Waals surface area contributed by atoms with Crippen LogP contribution in [-0.4, -0.2) is 31.3 Å². The van der Waals surface area contributed by atoms with Crippen molar-refractivity contribution >= 4 is 15.9 Å². The van der Waals surface area contributed by atoms with E-state index in [1.165, 1.54) is 31.5 Å². The van der Waals surface area contributed by atoms with Crippen molar-refractivity contribution in [2.24, 2.45) is 0 Å². The Labute approximate surface area is 153 Å². The Morgan fingerprint density at radius 2 is 1.83 bits per heavy atom. The SMILES string of the molecule is C[NH+](Cc1ccccc1)C1CC[NH+](Cc2cc(Br)ccc2O)CC1. The molecule has 0 bridgehead atoms. The Balaban J connectivity index is 1.51. The van der Waals surface area contributed by atoms with Gasteiger partial charge in [-0.1, -0.05) is 46.3 Å². The molecule has 3 rings (SSSR count). The van der Waals surface area contributed by atoms with Crippen LogP contribution in [0.2, 0.25) is 0 Å². The van der Waals surface area contributed by atoms with Gasteiger partial charge in [0.1, 0.15) is 18.8 Å². The van der Waals surface area contributed by atoms with E-state index in [2.05, 4.69) is 53.3 Å². The maximum Gasteiger partial charge on any atom is 0.124 e. The van der Waals surface area contributed by atoms with E-state index >= 15 is 0 Å². The summed E-state index contributed by atoms with van der Waals surface area (Å²) in [7, 11) is 2.32. The van der Waals surface area contributed by atoms with E-state index in [-0.39, 0.29) is 0 Å². The molecule has 2 aromatic rings. The number of halogens is 1. The molecule has 1 saturated heterocycles. The second-order valence-electron chi connectivity index (χ2n) is 6.98. The van der Waals surface area contributed by atoms with Crippen LogP contribution in [0.1, 0.15) is 24.0 Å². The highest BCUT2D eigenvalue weighted by Gasteiger charge is 2.28. The minimum atomic E-state index is 0.416. The van der Waals surface area contributed by atoms with E-state index in [0.29, 0.717) is 5.75 Å². The second kappa shape index (κ2) is 8.15. The molecule has 0 amide bonds. The summed E-state index contributed by atoms with van der Waals surface area (Å²) in [6.45, 7) is 4.38. The number of phenolic OH excluding ortho intramolecular Hbond substituents is 1. The molecule has 1 fully saturated rings.